The number of rotatable bonds is 3. The molecule has 0 aliphatic carbocycles. The Balaban J connectivity index is 1.59. The normalized spacial score (nSPS) is 10.8. The third-order valence-electron chi connectivity index (χ3n) is 3.85. The van der Waals surface area contributed by atoms with E-state index < -0.39 is 0 Å². The number of oxazole rings is 1. The van der Waals surface area contributed by atoms with Crippen LogP contribution in [0.2, 0.25) is 10.0 Å². The van der Waals surface area contributed by atoms with Gasteiger partial charge in [0.15, 0.2) is 12.0 Å². The molecule has 2 aromatic carbocycles. The first kappa shape index (κ1) is 16.6. The van der Waals surface area contributed by atoms with Gasteiger partial charge in [-0.25, -0.2) is 9.97 Å². The molecular formula is C19H11Cl2N3O2. The molecule has 128 valence electrons. The summed E-state index contributed by atoms with van der Waals surface area (Å²) in [6, 6.07) is 13.9. The lowest BCUT2D eigenvalue weighted by molar-refractivity contribution is 0.102. The van der Waals surface area contributed by atoms with E-state index in [-0.39, 0.29) is 5.91 Å². The number of carbonyl (C=O) groups is 1. The number of halogens is 2. The van der Waals surface area contributed by atoms with Gasteiger partial charge in [0.2, 0.25) is 0 Å². The van der Waals surface area contributed by atoms with Crippen molar-refractivity contribution in [3.63, 3.8) is 0 Å². The molecule has 2 aromatic heterocycles. The van der Waals surface area contributed by atoms with Crippen molar-refractivity contribution in [3.8, 4) is 11.1 Å². The summed E-state index contributed by atoms with van der Waals surface area (Å²) in [6.45, 7) is 0. The van der Waals surface area contributed by atoms with Gasteiger partial charge in [-0.3, -0.25) is 4.79 Å². The highest BCUT2D eigenvalue weighted by Gasteiger charge is 2.12. The zero-order chi connectivity index (χ0) is 18.1. The number of carbonyl (C=O) groups excluding carboxylic acids is 1. The number of hydrogen-bond acceptors (Lipinski definition) is 4. The minimum Gasteiger partial charge on any atom is -0.443 e. The number of pyridine rings is 1. The van der Waals surface area contributed by atoms with Crippen LogP contribution in [0.3, 0.4) is 0 Å². The van der Waals surface area contributed by atoms with E-state index >= 15 is 0 Å². The second-order valence-electron chi connectivity index (χ2n) is 5.52. The van der Waals surface area contributed by atoms with E-state index in [1.165, 1.54) is 6.39 Å². The third kappa shape index (κ3) is 3.14. The fraction of sp³-hybridized carbons (Fsp3) is 0. The molecule has 1 amide bonds. The molecule has 1 N–H and O–H groups in total. The standard InChI is InChI=1S/C19H11Cl2N3O2/c20-14-4-2-1-3-12(14)19(25)24-18-6-5-11(9-22-18)13-7-17-16(8-15(13)21)23-10-26-17/h1-10H,(H,22,24,25). The number of aromatic nitrogens is 2. The predicted molar refractivity (Wildman–Crippen MR) is 102 cm³/mol. The Bertz CT molecular complexity index is 1110. The summed E-state index contributed by atoms with van der Waals surface area (Å²) in [5, 5.41) is 3.65. The van der Waals surface area contributed by atoms with Crippen molar-refractivity contribution in [2.45, 2.75) is 0 Å². The van der Waals surface area contributed by atoms with Gasteiger partial charge in [0.1, 0.15) is 11.3 Å². The molecule has 0 radical (unpaired) electrons. The molecule has 0 aliphatic heterocycles. The number of benzene rings is 2. The first-order valence-corrected chi connectivity index (χ1v) is 8.42. The molecular weight excluding hydrogens is 373 g/mol. The Labute approximate surface area is 158 Å². The zero-order valence-corrected chi connectivity index (χ0v) is 14.8. The molecule has 4 rings (SSSR count). The summed E-state index contributed by atoms with van der Waals surface area (Å²) in [4.78, 5) is 20.6. The quantitative estimate of drug-likeness (QED) is 0.510. The molecule has 5 nitrogen and oxygen atoms in total. The van der Waals surface area contributed by atoms with Crippen LogP contribution in [0.4, 0.5) is 5.82 Å². The maximum Gasteiger partial charge on any atom is 0.258 e. The molecule has 0 aliphatic rings. The van der Waals surface area contributed by atoms with Crippen LogP contribution in [-0.2, 0) is 0 Å². The first-order valence-electron chi connectivity index (χ1n) is 7.67. The fourth-order valence-corrected chi connectivity index (χ4v) is 3.04. The number of fused-ring (bicyclic) bond motifs is 1. The SMILES string of the molecule is O=C(Nc1ccc(-c2cc3ocnc3cc2Cl)cn1)c1ccccc1Cl. The minimum atomic E-state index is -0.322. The van der Waals surface area contributed by atoms with Crippen molar-refractivity contribution in [3.05, 3.63) is 76.7 Å². The molecule has 2 heterocycles. The Hall–Kier alpha value is -2.89. The lowest BCUT2D eigenvalue weighted by atomic mass is 10.1. The highest BCUT2D eigenvalue weighted by Crippen LogP contribution is 2.32. The van der Waals surface area contributed by atoms with Crippen molar-refractivity contribution >= 4 is 46.0 Å². The fourth-order valence-electron chi connectivity index (χ4n) is 2.56. The van der Waals surface area contributed by atoms with Crippen LogP contribution in [-0.4, -0.2) is 15.9 Å². The average Bonchev–Trinajstić information content (AvgIpc) is 3.09. The van der Waals surface area contributed by atoms with Gasteiger partial charge >= 0.3 is 0 Å². The minimum absolute atomic E-state index is 0.322. The van der Waals surface area contributed by atoms with E-state index in [0.717, 1.165) is 11.1 Å². The highest BCUT2D eigenvalue weighted by atomic mass is 35.5. The van der Waals surface area contributed by atoms with Gasteiger partial charge in [-0.05, 0) is 36.4 Å². The molecule has 0 fully saturated rings. The smallest absolute Gasteiger partial charge is 0.258 e. The van der Waals surface area contributed by atoms with Crippen LogP contribution >= 0.6 is 23.2 Å². The van der Waals surface area contributed by atoms with Gasteiger partial charge in [-0.2, -0.15) is 0 Å². The number of nitrogens with zero attached hydrogens (tertiary/aromatic N) is 2. The number of nitrogens with one attached hydrogen (secondary N) is 1. The molecule has 26 heavy (non-hydrogen) atoms. The summed E-state index contributed by atoms with van der Waals surface area (Å²) in [6.07, 6.45) is 3.00. The third-order valence-corrected chi connectivity index (χ3v) is 4.50. The lowest BCUT2D eigenvalue weighted by Gasteiger charge is -2.08. The summed E-state index contributed by atoms with van der Waals surface area (Å²) in [5.74, 6) is 0.0903. The number of hydrogen-bond donors (Lipinski definition) is 1. The van der Waals surface area contributed by atoms with Crippen molar-refractivity contribution < 1.29 is 9.21 Å². The molecule has 4 aromatic rings. The highest BCUT2D eigenvalue weighted by molar-refractivity contribution is 6.34. The van der Waals surface area contributed by atoms with E-state index in [4.69, 9.17) is 27.6 Å². The second-order valence-corrected chi connectivity index (χ2v) is 6.33. The Morgan fingerprint density at radius 1 is 1.00 bits per heavy atom. The van der Waals surface area contributed by atoms with E-state index in [0.29, 0.717) is 32.5 Å². The molecule has 7 heteroatoms. The summed E-state index contributed by atoms with van der Waals surface area (Å²) < 4.78 is 5.31. The summed E-state index contributed by atoms with van der Waals surface area (Å²) >= 11 is 12.4. The van der Waals surface area contributed by atoms with Crippen LogP contribution < -0.4 is 5.32 Å². The summed E-state index contributed by atoms with van der Waals surface area (Å²) in [7, 11) is 0. The van der Waals surface area contributed by atoms with E-state index in [1.54, 1.807) is 42.6 Å². The van der Waals surface area contributed by atoms with Crippen molar-refractivity contribution in [2.75, 3.05) is 5.32 Å². The van der Waals surface area contributed by atoms with Crippen molar-refractivity contribution in [1.29, 1.82) is 0 Å². The second kappa shape index (κ2) is 6.78. The van der Waals surface area contributed by atoms with Crippen LogP contribution in [0.15, 0.2) is 65.5 Å². The van der Waals surface area contributed by atoms with Gasteiger partial charge in [0.05, 0.1) is 15.6 Å². The molecule has 0 saturated heterocycles. The van der Waals surface area contributed by atoms with Crippen LogP contribution in [0.25, 0.3) is 22.2 Å². The summed E-state index contributed by atoms with van der Waals surface area (Å²) in [5.41, 5.74) is 3.28. The van der Waals surface area contributed by atoms with Gasteiger partial charge < -0.3 is 9.73 Å². The zero-order valence-electron chi connectivity index (χ0n) is 13.2. The van der Waals surface area contributed by atoms with E-state index in [9.17, 15) is 4.79 Å². The number of amides is 1. The maximum absolute atomic E-state index is 12.3. The van der Waals surface area contributed by atoms with Crippen LogP contribution in [0, 0.1) is 0 Å². The topological polar surface area (TPSA) is 68.0 Å². The molecule has 0 saturated carbocycles. The van der Waals surface area contributed by atoms with Gasteiger partial charge in [0, 0.05) is 17.3 Å². The lowest BCUT2D eigenvalue weighted by Crippen LogP contribution is -2.13. The van der Waals surface area contributed by atoms with Gasteiger partial charge in [-0.1, -0.05) is 35.3 Å². The molecule has 0 bridgehead atoms. The van der Waals surface area contributed by atoms with Gasteiger partial charge in [-0.15, -0.1) is 0 Å². The largest absolute Gasteiger partial charge is 0.443 e. The van der Waals surface area contributed by atoms with Crippen molar-refractivity contribution in [2.24, 2.45) is 0 Å². The van der Waals surface area contributed by atoms with E-state index in [2.05, 4.69) is 15.3 Å². The maximum atomic E-state index is 12.3. The first-order chi connectivity index (χ1) is 12.6. The Morgan fingerprint density at radius 3 is 2.62 bits per heavy atom. The molecule has 0 atom stereocenters. The Morgan fingerprint density at radius 2 is 1.85 bits per heavy atom. The predicted octanol–water partition coefficient (Wildman–Crippen LogP) is 5.45. The monoisotopic (exact) mass is 383 g/mol. The Kier molecular flexibility index (Phi) is 4.32. The number of anilines is 1. The molecule has 0 spiro atoms. The van der Waals surface area contributed by atoms with E-state index in [1.807, 2.05) is 12.1 Å². The van der Waals surface area contributed by atoms with Crippen LogP contribution in [0.1, 0.15) is 10.4 Å². The van der Waals surface area contributed by atoms with Gasteiger partial charge in [0.25, 0.3) is 5.91 Å². The van der Waals surface area contributed by atoms with Crippen LogP contribution in [0.5, 0.6) is 0 Å². The molecule has 0 unspecified atom stereocenters. The average molecular weight is 384 g/mol. The van der Waals surface area contributed by atoms with Crippen molar-refractivity contribution in [1.82, 2.24) is 9.97 Å².